The normalized spacial score (nSPS) is 12.4. The molecule has 0 aliphatic carbocycles. The Morgan fingerprint density at radius 3 is 2.36 bits per heavy atom. The van der Waals surface area contributed by atoms with E-state index in [9.17, 15) is 0 Å². The number of benzene rings is 1. The van der Waals surface area contributed by atoms with E-state index in [1.54, 1.807) is 0 Å². The van der Waals surface area contributed by atoms with Gasteiger partial charge < -0.3 is 10.1 Å². The molecule has 0 saturated carbocycles. The van der Waals surface area contributed by atoms with E-state index in [4.69, 9.17) is 9.72 Å². The first kappa shape index (κ1) is 20.2. The lowest BCUT2D eigenvalue weighted by atomic mass is 9.82. The number of ether oxygens (including phenoxy) is 1. The Bertz CT molecular complexity index is 920. The molecule has 2 heterocycles. The summed E-state index contributed by atoms with van der Waals surface area (Å²) in [6.45, 7) is 14.0. The van der Waals surface area contributed by atoms with Gasteiger partial charge in [0.2, 0.25) is 0 Å². The molecule has 28 heavy (non-hydrogen) atoms. The summed E-state index contributed by atoms with van der Waals surface area (Å²) in [6, 6.07) is 14.2. The van der Waals surface area contributed by atoms with Crippen molar-refractivity contribution in [3.63, 3.8) is 0 Å². The van der Waals surface area contributed by atoms with Crippen LogP contribution in [0.25, 0.3) is 5.65 Å². The molecule has 3 aromatic rings. The molecule has 1 N–H and O–H groups in total. The van der Waals surface area contributed by atoms with Gasteiger partial charge in [0, 0.05) is 11.7 Å². The number of nitrogens with zero attached hydrogens (tertiary/aromatic N) is 2. The fourth-order valence-corrected chi connectivity index (χ4v) is 4.01. The van der Waals surface area contributed by atoms with E-state index in [2.05, 4.69) is 69.6 Å². The van der Waals surface area contributed by atoms with Crippen LogP contribution in [0.15, 0.2) is 48.7 Å². The molecular weight excluding hydrogens is 346 g/mol. The van der Waals surface area contributed by atoms with Crippen LogP contribution in [-0.2, 0) is 13.0 Å². The summed E-state index contributed by atoms with van der Waals surface area (Å²) < 4.78 is 8.25. The number of aromatic nitrogens is 2. The van der Waals surface area contributed by atoms with Crippen molar-refractivity contribution in [3.8, 4) is 5.75 Å². The molecule has 0 unspecified atom stereocenters. The predicted octanol–water partition coefficient (Wildman–Crippen LogP) is 6.10. The zero-order chi connectivity index (χ0) is 20.4. The van der Waals surface area contributed by atoms with Crippen molar-refractivity contribution in [3.05, 3.63) is 59.9 Å². The lowest BCUT2D eigenvalue weighted by Crippen LogP contribution is -2.36. The van der Waals surface area contributed by atoms with Crippen LogP contribution in [0.5, 0.6) is 5.75 Å². The van der Waals surface area contributed by atoms with Gasteiger partial charge in [-0.1, -0.05) is 58.0 Å². The number of aryl methyl sites for hydroxylation is 1. The number of nitrogens with one attached hydrogen (secondary N) is 1. The van der Waals surface area contributed by atoms with Crippen molar-refractivity contribution in [2.45, 2.75) is 66.5 Å². The summed E-state index contributed by atoms with van der Waals surface area (Å²) in [4.78, 5) is 4.90. The first-order valence-corrected chi connectivity index (χ1v) is 10.1. The maximum absolute atomic E-state index is 6.12. The van der Waals surface area contributed by atoms with E-state index in [1.165, 1.54) is 0 Å². The second-order valence-electron chi connectivity index (χ2n) is 9.35. The van der Waals surface area contributed by atoms with Crippen molar-refractivity contribution in [2.75, 3.05) is 5.32 Å². The van der Waals surface area contributed by atoms with Gasteiger partial charge in [-0.05, 0) is 49.8 Å². The molecule has 0 aliphatic rings. The molecule has 0 radical (unpaired) electrons. The Hall–Kier alpha value is -2.49. The first-order chi connectivity index (χ1) is 13.2. The highest BCUT2D eigenvalue weighted by molar-refractivity contribution is 5.63. The average Bonchev–Trinajstić information content (AvgIpc) is 2.96. The Labute approximate surface area is 169 Å². The van der Waals surface area contributed by atoms with Crippen LogP contribution >= 0.6 is 0 Å². The molecule has 4 nitrogen and oxygen atoms in total. The number of fused-ring (bicyclic) bond motifs is 1. The summed E-state index contributed by atoms with van der Waals surface area (Å²) >= 11 is 0. The van der Waals surface area contributed by atoms with Crippen LogP contribution in [0.4, 0.5) is 5.82 Å². The topological polar surface area (TPSA) is 38.6 Å². The molecule has 1 aromatic carbocycles. The van der Waals surface area contributed by atoms with E-state index in [1.807, 2.05) is 30.3 Å². The minimum Gasteiger partial charge on any atom is -0.485 e. The smallest absolute Gasteiger partial charge is 0.181 e. The maximum atomic E-state index is 6.12. The van der Waals surface area contributed by atoms with Crippen LogP contribution < -0.4 is 10.1 Å². The van der Waals surface area contributed by atoms with Gasteiger partial charge in [0.05, 0.1) is 5.69 Å². The van der Waals surface area contributed by atoms with Crippen molar-refractivity contribution >= 4 is 11.5 Å². The highest BCUT2D eigenvalue weighted by atomic mass is 16.5. The number of anilines is 1. The number of imidazole rings is 1. The van der Waals surface area contributed by atoms with Gasteiger partial charge >= 0.3 is 0 Å². The fraction of sp³-hybridized carbons (Fsp3) is 0.458. The summed E-state index contributed by atoms with van der Waals surface area (Å²) in [6.07, 6.45) is 3.99. The second kappa shape index (κ2) is 7.86. The molecule has 0 atom stereocenters. The molecule has 3 rings (SSSR count). The largest absolute Gasteiger partial charge is 0.485 e. The standard InChI is InChI=1S/C24H33N3O/c1-7-19-21(26-24(5,6)17-23(2,3)4)27-15-11-14-20(22(27)25-19)28-16-18-12-9-8-10-13-18/h8-15,26H,7,16-17H2,1-6H3. The van der Waals surface area contributed by atoms with E-state index >= 15 is 0 Å². The maximum Gasteiger partial charge on any atom is 0.181 e. The molecule has 0 aliphatic heterocycles. The van der Waals surface area contributed by atoms with Crippen LogP contribution in [0.1, 0.15) is 59.2 Å². The minimum absolute atomic E-state index is 0.0426. The van der Waals surface area contributed by atoms with Gasteiger partial charge in [0.1, 0.15) is 12.4 Å². The minimum atomic E-state index is -0.0426. The monoisotopic (exact) mass is 379 g/mol. The third kappa shape index (κ3) is 4.86. The highest BCUT2D eigenvalue weighted by Gasteiger charge is 2.27. The molecule has 0 fully saturated rings. The Morgan fingerprint density at radius 2 is 1.71 bits per heavy atom. The number of hydrogen-bond acceptors (Lipinski definition) is 3. The number of hydrogen-bond donors (Lipinski definition) is 1. The number of pyridine rings is 1. The Balaban J connectivity index is 1.91. The SMILES string of the molecule is CCc1nc2c(OCc3ccccc3)cccn2c1NC(C)(C)CC(C)(C)C. The molecule has 0 spiro atoms. The third-order valence-corrected chi connectivity index (χ3v) is 4.69. The summed E-state index contributed by atoms with van der Waals surface area (Å²) in [7, 11) is 0. The van der Waals surface area contributed by atoms with Crippen molar-refractivity contribution in [1.82, 2.24) is 9.38 Å². The summed E-state index contributed by atoms with van der Waals surface area (Å²) in [5.74, 6) is 1.87. The fourth-order valence-electron chi connectivity index (χ4n) is 4.01. The molecule has 0 bridgehead atoms. The van der Waals surface area contributed by atoms with E-state index in [0.717, 1.165) is 41.3 Å². The van der Waals surface area contributed by atoms with Gasteiger partial charge in [-0.25, -0.2) is 4.98 Å². The zero-order valence-electron chi connectivity index (χ0n) is 18.0. The van der Waals surface area contributed by atoms with E-state index < -0.39 is 0 Å². The average molecular weight is 380 g/mol. The zero-order valence-corrected chi connectivity index (χ0v) is 18.0. The van der Waals surface area contributed by atoms with Gasteiger partial charge in [0.25, 0.3) is 0 Å². The van der Waals surface area contributed by atoms with Crippen molar-refractivity contribution in [1.29, 1.82) is 0 Å². The summed E-state index contributed by atoms with van der Waals surface area (Å²) in [5, 5.41) is 3.76. The first-order valence-electron chi connectivity index (χ1n) is 10.1. The van der Waals surface area contributed by atoms with E-state index in [0.29, 0.717) is 6.61 Å². The van der Waals surface area contributed by atoms with Gasteiger partial charge in [-0.15, -0.1) is 0 Å². The molecular formula is C24H33N3O. The van der Waals surface area contributed by atoms with Crippen LogP contribution in [0, 0.1) is 5.41 Å². The van der Waals surface area contributed by atoms with Crippen LogP contribution in [-0.4, -0.2) is 14.9 Å². The van der Waals surface area contributed by atoms with Gasteiger partial charge in [-0.3, -0.25) is 4.40 Å². The lowest BCUT2D eigenvalue weighted by Gasteiger charge is -2.34. The number of rotatable bonds is 7. The predicted molar refractivity (Wildman–Crippen MR) is 117 cm³/mol. The molecule has 150 valence electrons. The van der Waals surface area contributed by atoms with Crippen molar-refractivity contribution < 1.29 is 4.74 Å². The third-order valence-electron chi connectivity index (χ3n) is 4.69. The molecule has 0 saturated heterocycles. The van der Waals surface area contributed by atoms with Crippen molar-refractivity contribution in [2.24, 2.45) is 5.41 Å². The highest BCUT2D eigenvalue weighted by Crippen LogP contribution is 2.33. The van der Waals surface area contributed by atoms with Crippen LogP contribution in [0.2, 0.25) is 0 Å². The molecule has 0 amide bonds. The Morgan fingerprint density at radius 1 is 1.00 bits per heavy atom. The lowest BCUT2D eigenvalue weighted by molar-refractivity contribution is 0.301. The second-order valence-corrected chi connectivity index (χ2v) is 9.35. The molecule has 2 aromatic heterocycles. The van der Waals surface area contributed by atoms with Gasteiger partial charge in [0.15, 0.2) is 11.4 Å². The molecule has 4 heteroatoms. The quantitative estimate of drug-likeness (QED) is 0.539. The Kier molecular flexibility index (Phi) is 5.69. The van der Waals surface area contributed by atoms with Gasteiger partial charge in [-0.2, -0.15) is 0 Å². The van der Waals surface area contributed by atoms with E-state index in [-0.39, 0.29) is 11.0 Å². The van der Waals surface area contributed by atoms with Crippen LogP contribution in [0.3, 0.4) is 0 Å². The summed E-state index contributed by atoms with van der Waals surface area (Å²) in [5.41, 5.74) is 3.28.